The molecule has 1 amide bonds. The number of para-hydroxylation sites is 1. The number of anilines is 1. The van der Waals surface area contributed by atoms with Gasteiger partial charge in [0.15, 0.2) is 0 Å². The predicted molar refractivity (Wildman–Crippen MR) is 81.5 cm³/mol. The van der Waals surface area contributed by atoms with Crippen LogP contribution in [0.15, 0.2) is 54.1 Å². The number of aromatic hydroxyl groups is 1. The Labute approximate surface area is 123 Å². The Hall–Kier alpha value is -3.06. The van der Waals surface area contributed by atoms with Gasteiger partial charge >= 0.3 is 0 Å². The topological polar surface area (TPSA) is 73.1 Å². The summed E-state index contributed by atoms with van der Waals surface area (Å²) in [7, 11) is 0. The molecule has 2 aromatic carbocycles. The lowest BCUT2D eigenvalue weighted by atomic mass is 10.1. The molecular weight excluding hydrogens is 264 g/mol. The van der Waals surface area contributed by atoms with E-state index in [0.717, 1.165) is 5.56 Å². The van der Waals surface area contributed by atoms with Crippen LogP contribution >= 0.6 is 0 Å². The maximum Gasteiger partial charge on any atom is 0.266 e. The van der Waals surface area contributed by atoms with Crippen molar-refractivity contribution in [3.8, 4) is 11.8 Å². The smallest absolute Gasteiger partial charge is 0.266 e. The van der Waals surface area contributed by atoms with Crippen molar-refractivity contribution in [1.29, 1.82) is 5.26 Å². The highest BCUT2D eigenvalue weighted by Gasteiger charge is 2.10. The number of aryl methyl sites for hydroxylation is 1. The molecule has 0 heterocycles. The number of benzene rings is 2. The van der Waals surface area contributed by atoms with Crippen LogP contribution in [0, 0.1) is 18.3 Å². The van der Waals surface area contributed by atoms with Gasteiger partial charge in [0, 0.05) is 5.69 Å². The first kappa shape index (κ1) is 14.4. The van der Waals surface area contributed by atoms with Crippen molar-refractivity contribution in [3.63, 3.8) is 0 Å². The van der Waals surface area contributed by atoms with Crippen LogP contribution in [0.1, 0.15) is 11.1 Å². The van der Waals surface area contributed by atoms with Gasteiger partial charge in [-0.3, -0.25) is 4.79 Å². The minimum atomic E-state index is -0.477. The third kappa shape index (κ3) is 3.71. The van der Waals surface area contributed by atoms with Crippen molar-refractivity contribution in [1.82, 2.24) is 0 Å². The second-order valence-electron chi connectivity index (χ2n) is 4.53. The summed E-state index contributed by atoms with van der Waals surface area (Å²) in [5.41, 5.74) is 2.15. The van der Waals surface area contributed by atoms with Crippen molar-refractivity contribution < 1.29 is 9.90 Å². The summed E-state index contributed by atoms with van der Waals surface area (Å²) in [6, 6.07) is 15.6. The van der Waals surface area contributed by atoms with Crippen LogP contribution in [0.25, 0.3) is 6.08 Å². The van der Waals surface area contributed by atoms with E-state index in [1.54, 1.807) is 18.2 Å². The summed E-state index contributed by atoms with van der Waals surface area (Å²) in [5.74, 6) is -0.393. The van der Waals surface area contributed by atoms with Crippen molar-refractivity contribution in [2.24, 2.45) is 0 Å². The van der Waals surface area contributed by atoms with Gasteiger partial charge in [0.05, 0.1) is 0 Å². The van der Waals surface area contributed by atoms with E-state index in [2.05, 4.69) is 5.32 Å². The number of phenolic OH excluding ortho intramolecular Hbond substituents is 1. The summed E-state index contributed by atoms with van der Waals surface area (Å²) < 4.78 is 0. The molecule has 0 bridgehead atoms. The highest BCUT2D eigenvalue weighted by molar-refractivity contribution is 6.09. The van der Waals surface area contributed by atoms with Crippen molar-refractivity contribution in [2.45, 2.75) is 6.92 Å². The fourth-order valence-corrected chi connectivity index (χ4v) is 1.83. The normalized spacial score (nSPS) is 10.8. The van der Waals surface area contributed by atoms with Gasteiger partial charge in [-0.2, -0.15) is 5.26 Å². The van der Waals surface area contributed by atoms with Gasteiger partial charge in [0.2, 0.25) is 0 Å². The fraction of sp³-hybridized carbons (Fsp3) is 0.0588. The molecule has 0 aliphatic rings. The van der Waals surface area contributed by atoms with Crippen LogP contribution in [-0.4, -0.2) is 11.0 Å². The highest BCUT2D eigenvalue weighted by Crippen LogP contribution is 2.17. The minimum Gasteiger partial charge on any atom is -0.508 e. The zero-order valence-corrected chi connectivity index (χ0v) is 11.5. The third-order valence-electron chi connectivity index (χ3n) is 2.94. The molecule has 0 aliphatic carbocycles. The maximum atomic E-state index is 12.1. The van der Waals surface area contributed by atoms with Crippen molar-refractivity contribution in [2.75, 3.05) is 5.32 Å². The molecule has 21 heavy (non-hydrogen) atoms. The van der Waals surface area contributed by atoms with E-state index in [-0.39, 0.29) is 11.3 Å². The highest BCUT2D eigenvalue weighted by atomic mass is 16.3. The zero-order valence-electron chi connectivity index (χ0n) is 11.5. The number of nitriles is 1. The van der Waals surface area contributed by atoms with Crippen LogP contribution in [0.5, 0.6) is 5.75 Å². The van der Waals surface area contributed by atoms with Crippen LogP contribution in [-0.2, 0) is 4.79 Å². The monoisotopic (exact) mass is 278 g/mol. The Morgan fingerprint density at radius 2 is 2.00 bits per heavy atom. The molecule has 2 N–H and O–H groups in total. The molecule has 0 radical (unpaired) electrons. The SMILES string of the molecule is Cc1ccccc1NC(=O)/C(C#N)=C\c1cccc(O)c1. The lowest BCUT2D eigenvalue weighted by Gasteiger charge is -2.07. The van der Waals surface area contributed by atoms with E-state index in [1.807, 2.05) is 31.2 Å². The molecule has 0 aromatic heterocycles. The first-order chi connectivity index (χ1) is 10.1. The van der Waals surface area contributed by atoms with Gasteiger partial charge in [-0.1, -0.05) is 30.3 Å². The fourth-order valence-electron chi connectivity index (χ4n) is 1.83. The first-order valence-electron chi connectivity index (χ1n) is 6.38. The number of rotatable bonds is 3. The molecular formula is C17H14N2O2. The van der Waals surface area contributed by atoms with Crippen LogP contribution in [0.2, 0.25) is 0 Å². The number of hydrogen-bond acceptors (Lipinski definition) is 3. The average molecular weight is 278 g/mol. The third-order valence-corrected chi connectivity index (χ3v) is 2.94. The van der Waals surface area contributed by atoms with Gasteiger partial charge in [-0.05, 0) is 42.3 Å². The van der Waals surface area contributed by atoms with Crippen LogP contribution in [0.4, 0.5) is 5.69 Å². The minimum absolute atomic E-state index is 0.0242. The Balaban J connectivity index is 2.24. The number of nitrogens with one attached hydrogen (secondary N) is 1. The number of amides is 1. The largest absolute Gasteiger partial charge is 0.508 e. The Kier molecular flexibility index (Phi) is 4.37. The second-order valence-corrected chi connectivity index (χ2v) is 4.53. The lowest BCUT2D eigenvalue weighted by Crippen LogP contribution is -2.14. The molecule has 0 aliphatic heterocycles. The Bertz CT molecular complexity index is 742. The average Bonchev–Trinajstić information content (AvgIpc) is 2.47. The van der Waals surface area contributed by atoms with E-state index in [1.165, 1.54) is 18.2 Å². The molecule has 4 heteroatoms. The zero-order chi connectivity index (χ0) is 15.2. The molecule has 2 aromatic rings. The Morgan fingerprint density at radius 1 is 1.24 bits per heavy atom. The first-order valence-corrected chi connectivity index (χ1v) is 6.38. The van der Waals surface area contributed by atoms with Crippen molar-refractivity contribution >= 4 is 17.7 Å². The summed E-state index contributed by atoms with van der Waals surface area (Å²) in [5, 5.41) is 21.2. The number of phenols is 1. The number of hydrogen-bond donors (Lipinski definition) is 2. The van der Waals surface area contributed by atoms with Gasteiger partial charge < -0.3 is 10.4 Å². The molecule has 2 rings (SSSR count). The van der Waals surface area contributed by atoms with Gasteiger partial charge in [-0.25, -0.2) is 0 Å². The Morgan fingerprint density at radius 3 is 2.67 bits per heavy atom. The van der Waals surface area contributed by atoms with Gasteiger partial charge in [0.25, 0.3) is 5.91 Å². The predicted octanol–water partition coefficient (Wildman–Crippen LogP) is 3.25. The molecule has 0 unspecified atom stereocenters. The maximum absolute atomic E-state index is 12.1. The molecule has 0 spiro atoms. The quantitative estimate of drug-likeness (QED) is 0.668. The summed E-state index contributed by atoms with van der Waals surface area (Å²) in [6.45, 7) is 1.88. The van der Waals surface area contributed by atoms with E-state index in [4.69, 9.17) is 5.26 Å². The number of carbonyl (C=O) groups is 1. The van der Waals surface area contributed by atoms with E-state index in [9.17, 15) is 9.90 Å². The number of nitrogens with zero attached hydrogens (tertiary/aromatic N) is 1. The van der Waals surface area contributed by atoms with E-state index < -0.39 is 5.91 Å². The van der Waals surface area contributed by atoms with Crippen LogP contribution < -0.4 is 5.32 Å². The number of carbonyl (C=O) groups excluding carboxylic acids is 1. The van der Waals surface area contributed by atoms with Gasteiger partial charge in [-0.15, -0.1) is 0 Å². The van der Waals surface area contributed by atoms with E-state index >= 15 is 0 Å². The molecule has 0 saturated carbocycles. The molecule has 0 fully saturated rings. The van der Waals surface area contributed by atoms with Crippen LogP contribution in [0.3, 0.4) is 0 Å². The summed E-state index contributed by atoms with van der Waals surface area (Å²) in [6.07, 6.45) is 1.44. The summed E-state index contributed by atoms with van der Waals surface area (Å²) in [4.78, 5) is 12.1. The molecule has 4 nitrogen and oxygen atoms in total. The molecule has 104 valence electrons. The summed E-state index contributed by atoms with van der Waals surface area (Å²) >= 11 is 0. The molecule has 0 atom stereocenters. The van der Waals surface area contributed by atoms with Gasteiger partial charge in [0.1, 0.15) is 17.4 Å². The second kappa shape index (κ2) is 6.40. The van der Waals surface area contributed by atoms with Crippen molar-refractivity contribution in [3.05, 3.63) is 65.2 Å². The van der Waals surface area contributed by atoms with E-state index in [0.29, 0.717) is 11.3 Å². The standard InChI is InChI=1S/C17H14N2O2/c1-12-5-2-3-8-16(12)19-17(21)14(11-18)9-13-6-4-7-15(20)10-13/h2-10,20H,1H3,(H,19,21)/b14-9-. The lowest BCUT2D eigenvalue weighted by molar-refractivity contribution is -0.112. The molecule has 0 saturated heterocycles.